The third-order valence-corrected chi connectivity index (χ3v) is 3.84. The Labute approximate surface area is 143 Å². The highest BCUT2D eigenvalue weighted by Gasteiger charge is 2.28. The lowest BCUT2D eigenvalue weighted by molar-refractivity contribution is 0.0985. The summed E-state index contributed by atoms with van der Waals surface area (Å²) in [6.45, 7) is 3.74. The van der Waals surface area contributed by atoms with Crippen LogP contribution < -0.4 is 15.0 Å². The van der Waals surface area contributed by atoms with Gasteiger partial charge in [-0.2, -0.15) is 0 Å². The average molecular weight is 344 g/mol. The van der Waals surface area contributed by atoms with Gasteiger partial charge in [-0.05, 0) is 44.2 Å². The SMILES string of the molecule is CC1(C)C=C(n2ccc(O)cc2=O)c2cc(C(=O)NS)ccc2O1. The molecule has 6 nitrogen and oxygen atoms in total. The summed E-state index contributed by atoms with van der Waals surface area (Å²) in [6, 6.07) is 7.51. The maximum absolute atomic E-state index is 12.3. The van der Waals surface area contributed by atoms with Crippen molar-refractivity contribution in [2.75, 3.05) is 0 Å². The number of rotatable bonds is 2. The number of aromatic nitrogens is 1. The van der Waals surface area contributed by atoms with E-state index in [1.54, 1.807) is 24.3 Å². The Morgan fingerprint density at radius 2 is 2.04 bits per heavy atom. The highest BCUT2D eigenvalue weighted by Crippen LogP contribution is 2.37. The zero-order valence-electron chi connectivity index (χ0n) is 13.1. The van der Waals surface area contributed by atoms with Crippen molar-refractivity contribution in [3.05, 3.63) is 64.1 Å². The van der Waals surface area contributed by atoms with Gasteiger partial charge in [0.15, 0.2) is 0 Å². The Bertz CT molecular complexity index is 915. The molecule has 0 aliphatic carbocycles. The van der Waals surface area contributed by atoms with Crippen LogP contribution in [0.2, 0.25) is 0 Å². The minimum absolute atomic E-state index is 0.105. The van der Waals surface area contributed by atoms with E-state index in [1.165, 1.54) is 16.8 Å². The standard InChI is InChI=1S/C17H16N2O4S/c1-17(2)9-13(19-6-5-11(20)8-15(19)21)12-7-10(16(22)18-24)3-4-14(12)23-17/h3-9,20,24H,1-2H3,(H,18,22). The summed E-state index contributed by atoms with van der Waals surface area (Å²) in [6.07, 6.45) is 3.29. The van der Waals surface area contributed by atoms with Crippen LogP contribution in [0.5, 0.6) is 11.5 Å². The minimum atomic E-state index is -0.632. The van der Waals surface area contributed by atoms with E-state index >= 15 is 0 Å². The van der Waals surface area contributed by atoms with Crippen LogP contribution in [-0.2, 0) is 0 Å². The molecule has 1 aromatic carbocycles. The summed E-state index contributed by atoms with van der Waals surface area (Å²) < 4.78 is 9.59. The minimum Gasteiger partial charge on any atom is -0.508 e. The fourth-order valence-electron chi connectivity index (χ4n) is 2.61. The number of pyridine rings is 1. The first-order valence-corrected chi connectivity index (χ1v) is 7.68. The van der Waals surface area contributed by atoms with Gasteiger partial charge in [-0.25, -0.2) is 0 Å². The molecule has 1 aliphatic heterocycles. The lowest BCUT2D eigenvalue weighted by Crippen LogP contribution is -2.32. The van der Waals surface area contributed by atoms with Crippen LogP contribution in [0.3, 0.4) is 0 Å². The third kappa shape index (κ3) is 2.90. The van der Waals surface area contributed by atoms with E-state index in [-0.39, 0.29) is 17.2 Å². The van der Waals surface area contributed by atoms with Gasteiger partial charge in [0, 0.05) is 23.4 Å². The molecule has 2 heterocycles. The first-order valence-electron chi connectivity index (χ1n) is 7.23. The number of fused-ring (bicyclic) bond motifs is 1. The van der Waals surface area contributed by atoms with Crippen molar-refractivity contribution in [1.29, 1.82) is 0 Å². The first kappa shape index (κ1) is 16.2. The Hall–Kier alpha value is -2.67. The van der Waals surface area contributed by atoms with Crippen molar-refractivity contribution in [2.45, 2.75) is 19.4 Å². The van der Waals surface area contributed by atoms with Crippen LogP contribution in [0.1, 0.15) is 29.8 Å². The summed E-state index contributed by atoms with van der Waals surface area (Å²) in [5.74, 6) is 0.100. The van der Waals surface area contributed by atoms with E-state index in [4.69, 9.17) is 4.74 Å². The zero-order valence-corrected chi connectivity index (χ0v) is 14.0. The molecule has 0 saturated heterocycles. The van der Waals surface area contributed by atoms with Gasteiger partial charge in [0.2, 0.25) is 0 Å². The van der Waals surface area contributed by atoms with Crippen LogP contribution in [-0.4, -0.2) is 21.2 Å². The Morgan fingerprint density at radius 1 is 1.29 bits per heavy atom. The molecule has 7 heteroatoms. The van der Waals surface area contributed by atoms with E-state index in [9.17, 15) is 14.7 Å². The van der Waals surface area contributed by atoms with E-state index in [2.05, 4.69) is 17.5 Å². The molecule has 24 heavy (non-hydrogen) atoms. The topological polar surface area (TPSA) is 80.6 Å². The van der Waals surface area contributed by atoms with Crippen LogP contribution in [0.15, 0.2) is 47.4 Å². The van der Waals surface area contributed by atoms with Crippen molar-refractivity contribution in [1.82, 2.24) is 9.29 Å². The number of ether oxygens (including phenoxy) is 1. The second kappa shape index (κ2) is 5.76. The molecule has 1 amide bonds. The molecule has 3 rings (SSSR count). The van der Waals surface area contributed by atoms with Gasteiger partial charge in [-0.15, -0.1) is 0 Å². The van der Waals surface area contributed by atoms with Crippen molar-refractivity contribution in [2.24, 2.45) is 0 Å². The fourth-order valence-corrected chi connectivity index (χ4v) is 2.74. The summed E-state index contributed by atoms with van der Waals surface area (Å²) >= 11 is 3.77. The Balaban J connectivity index is 2.23. The number of amides is 1. The van der Waals surface area contributed by atoms with Crippen molar-refractivity contribution < 1.29 is 14.6 Å². The molecule has 0 bridgehead atoms. The second-order valence-electron chi connectivity index (χ2n) is 5.98. The number of nitrogens with zero attached hydrogens (tertiary/aromatic N) is 1. The highest BCUT2D eigenvalue weighted by atomic mass is 32.1. The van der Waals surface area contributed by atoms with Gasteiger partial charge in [-0.3, -0.25) is 18.9 Å². The lowest BCUT2D eigenvalue weighted by atomic mass is 9.97. The molecule has 0 spiro atoms. The maximum Gasteiger partial charge on any atom is 0.260 e. The molecule has 2 N–H and O–H groups in total. The molecule has 1 aromatic heterocycles. The zero-order chi connectivity index (χ0) is 17.5. The monoisotopic (exact) mass is 344 g/mol. The molecule has 0 atom stereocenters. The molecule has 0 saturated carbocycles. The molecule has 1 aliphatic rings. The highest BCUT2D eigenvalue weighted by molar-refractivity contribution is 7.78. The van der Waals surface area contributed by atoms with Gasteiger partial charge < -0.3 is 9.84 Å². The first-order chi connectivity index (χ1) is 11.3. The van der Waals surface area contributed by atoms with Crippen molar-refractivity contribution in [3.8, 4) is 11.5 Å². The Morgan fingerprint density at radius 3 is 2.71 bits per heavy atom. The van der Waals surface area contributed by atoms with Crippen molar-refractivity contribution in [3.63, 3.8) is 0 Å². The van der Waals surface area contributed by atoms with Gasteiger partial charge in [0.1, 0.15) is 17.1 Å². The number of aromatic hydroxyl groups is 1. The predicted octanol–water partition coefficient (Wildman–Crippen LogP) is 2.19. The smallest absolute Gasteiger partial charge is 0.260 e. The molecule has 0 fully saturated rings. The number of nitrogens with one attached hydrogen (secondary N) is 1. The Kier molecular flexibility index (Phi) is 3.88. The molecule has 2 aromatic rings. The number of benzene rings is 1. The third-order valence-electron chi connectivity index (χ3n) is 3.64. The molecular weight excluding hydrogens is 328 g/mol. The van der Waals surface area contributed by atoms with E-state index in [0.29, 0.717) is 22.6 Å². The van der Waals surface area contributed by atoms with E-state index < -0.39 is 5.60 Å². The number of hydrogen-bond acceptors (Lipinski definition) is 5. The number of carbonyl (C=O) groups is 1. The summed E-state index contributed by atoms with van der Waals surface area (Å²) in [5, 5.41) is 9.46. The number of hydrogen-bond donors (Lipinski definition) is 3. The van der Waals surface area contributed by atoms with Crippen LogP contribution in [0, 0.1) is 0 Å². The predicted molar refractivity (Wildman–Crippen MR) is 93.3 cm³/mol. The molecule has 0 unspecified atom stereocenters. The normalized spacial score (nSPS) is 15.0. The fraction of sp³-hybridized carbons (Fsp3) is 0.176. The molecular formula is C17H16N2O4S. The average Bonchev–Trinajstić information content (AvgIpc) is 2.52. The largest absolute Gasteiger partial charge is 0.508 e. The maximum atomic E-state index is 12.3. The quantitative estimate of drug-likeness (QED) is 0.730. The van der Waals surface area contributed by atoms with Gasteiger partial charge in [-0.1, -0.05) is 12.8 Å². The van der Waals surface area contributed by atoms with Gasteiger partial charge in [0.05, 0.1) is 5.70 Å². The summed E-state index contributed by atoms with van der Waals surface area (Å²) in [4.78, 5) is 24.1. The number of thiol groups is 1. The van der Waals surface area contributed by atoms with Gasteiger partial charge >= 0.3 is 0 Å². The summed E-state index contributed by atoms with van der Waals surface area (Å²) in [5.41, 5.74) is 0.572. The number of carbonyl (C=O) groups excluding carboxylic acids is 1. The van der Waals surface area contributed by atoms with Crippen LogP contribution in [0.25, 0.3) is 5.70 Å². The van der Waals surface area contributed by atoms with E-state index in [0.717, 1.165) is 6.07 Å². The van der Waals surface area contributed by atoms with Gasteiger partial charge in [0.25, 0.3) is 11.5 Å². The van der Waals surface area contributed by atoms with Crippen LogP contribution in [0.4, 0.5) is 0 Å². The lowest BCUT2D eigenvalue weighted by Gasteiger charge is -2.31. The summed E-state index contributed by atoms with van der Waals surface area (Å²) in [7, 11) is 0. The second-order valence-corrected chi connectivity index (χ2v) is 6.20. The van der Waals surface area contributed by atoms with Crippen molar-refractivity contribution >= 4 is 24.4 Å². The molecule has 124 valence electrons. The molecule has 0 radical (unpaired) electrons. The van der Waals surface area contributed by atoms with Crippen LogP contribution >= 0.6 is 12.8 Å². The van der Waals surface area contributed by atoms with E-state index in [1.807, 2.05) is 13.8 Å².